The first-order chi connectivity index (χ1) is 8.52. The fraction of sp³-hybridized carbons (Fsp3) is 0.500. The molecule has 0 saturated carbocycles. The van der Waals surface area contributed by atoms with Gasteiger partial charge in [-0.25, -0.2) is 0 Å². The monoisotopic (exact) mass is 251 g/mol. The van der Waals surface area contributed by atoms with E-state index in [1.807, 2.05) is 45.2 Å². The smallest absolute Gasteiger partial charge is 0.303 e. The van der Waals surface area contributed by atoms with E-state index in [2.05, 4.69) is 4.90 Å². The molecule has 0 aliphatic heterocycles. The highest BCUT2D eigenvalue weighted by Gasteiger charge is 2.11. The maximum Gasteiger partial charge on any atom is 0.303 e. The highest BCUT2D eigenvalue weighted by molar-refractivity contribution is 5.67. The number of anilines is 1. The molecule has 0 fully saturated rings. The van der Waals surface area contributed by atoms with Gasteiger partial charge in [-0.2, -0.15) is 0 Å². The Labute approximate surface area is 108 Å². The van der Waals surface area contributed by atoms with E-state index in [-0.39, 0.29) is 12.3 Å². The number of carboxylic acids is 1. The summed E-state index contributed by atoms with van der Waals surface area (Å²) in [6, 6.07) is 7.82. The Balaban J connectivity index is 2.55. The summed E-state index contributed by atoms with van der Waals surface area (Å²) in [4.78, 5) is 12.7. The molecule has 1 unspecified atom stereocenters. The van der Waals surface area contributed by atoms with Gasteiger partial charge in [-0.15, -0.1) is 0 Å². The number of rotatable bonds is 7. The molecule has 0 spiro atoms. The number of hydrogen-bond donors (Lipinski definition) is 1. The van der Waals surface area contributed by atoms with Crippen LogP contribution in [-0.2, 0) is 4.79 Å². The summed E-state index contributed by atoms with van der Waals surface area (Å²) in [5, 5.41) is 8.73. The first kappa shape index (κ1) is 14.4. The summed E-state index contributed by atoms with van der Waals surface area (Å²) in [5.41, 5.74) is 1.07. The molecule has 0 radical (unpaired) electrons. The van der Waals surface area contributed by atoms with Gasteiger partial charge in [0.15, 0.2) is 0 Å². The van der Waals surface area contributed by atoms with Crippen LogP contribution in [-0.4, -0.2) is 31.3 Å². The summed E-state index contributed by atoms with van der Waals surface area (Å²) in [6.07, 6.45) is 0.196. The van der Waals surface area contributed by atoms with Gasteiger partial charge in [0, 0.05) is 25.7 Å². The molecule has 0 aliphatic carbocycles. The molecule has 1 N–H and O–H groups in total. The zero-order valence-electron chi connectivity index (χ0n) is 11.2. The van der Waals surface area contributed by atoms with Crippen molar-refractivity contribution in [3.05, 3.63) is 24.3 Å². The molecule has 0 saturated heterocycles. The predicted octanol–water partition coefficient (Wildman–Crippen LogP) is 2.63. The standard InChI is InChI=1S/C14H21NO3/c1-4-18-13-7-5-12(6-8-13)15(3)10-11(2)9-14(16)17/h5-8,11H,4,9-10H2,1-3H3,(H,16,17). The Bertz CT molecular complexity index is 375. The average Bonchev–Trinajstić information content (AvgIpc) is 2.29. The summed E-state index contributed by atoms with van der Waals surface area (Å²) < 4.78 is 5.38. The SMILES string of the molecule is CCOc1ccc(N(C)CC(C)CC(=O)O)cc1. The predicted molar refractivity (Wildman–Crippen MR) is 72.3 cm³/mol. The van der Waals surface area contributed by atoms with Gasteiger partial charge in [0.05, 0.1) is 6.61 Å². The maximum atomic E-state index is 10.6. The van der Waals surface area contributed by atoms with Gasteiger partial charge >= 0.3 is 5.97 Å². The van der Waals surface area contributed by atoms with Crippen molar-refractivity contribution in [3.63, 3.8) is 0 Å². The van der Waals surface area contributed by atoms with Crippen LogP contribution < -0.4 is 9.64 Å². The number of carboxylic acid groups (broad SMARTS) is 1. The highest BCUT2D eigenvalue weighted by atomic mass is 16.5. The van der Waals surface area contributed by atoms with Gasteiger partial charge in [0.1, 0.15) is 5.75 Å². The topological polar surface area (TPSA) is 49.8 Å². The molecule has 1 rings (SSSR count). The van der Waals surface area contributed by atoms with E-state index in [1.54, 1.807) is 0 Å². The third-order valence-corrected chi connectivity index (χ3v) is 2.70. The molecule has 1 aromatic rings. The summed E-state index contributed by atoms with van der Waals surface area (Å²) in [7, 11) is 1.97. The van der Waals surface area contributed by atoms with Crippen molar-refractivity contribution in [1.82, 2.24) is 0 Å². The van der Waals surface area contributed by atoms with E-state index >= 15 is 0 Å². The molecule has 1 aromatic carbocycles. The van der Waals surface area contributed by atoms with Crippen LogP contribution in [0, 0.1) is 5.92 Å². The van der Waals surface area contributed by atoms with Crippen molar-refractivity contribution in [1.29, 1.82) is 0 Å². The van der Waals surface area contributed by atoms with Crippen LogP contribution in [0.2, 0.25) is 0 Å². The lowest BCUT2D eigenvalue weighted by atomic mass is 10.1. The lowest BCUT2D eigenvalue weighted by Crippen LogP contribution is -2.25. The summed E-state index contributed by atoms with van der Waals surface area (Å²) >= 11 is 0. The molecule has 4 heteroatoms. The normalized spacial score (nSPS) is 11.9. The minimum Gasteiger partial charge on any atom is -0.494 e. The van der Waals surface area contributed by atoms with E-state index in [4.69, 9.17) is 9.84 Å². The fourth-order valence-corrected chi connectivity index (χ4v) is 1.90. The Hall–Kier alpha value is -1.71. The van der Waals surface area contributed by atoms with Crippen LogP contribution in [0.5, 0.6) is 5.75 Å². The maximum absolute atomic E-state index is 10.6. The number of aliphatic carboxylic acids is 1. The van der Waals surface area contributed by atoms with E-state index in [9.17, 15) is 4.79 Å². The van der Waals surface area contributed by atoms with Gasteiger partial charge in [-0.1, -0.05) is 6.92 Å². The Morgan fingerprint density at radius 1 is 1.39 bits per heavy atom. The van der Waals surface area contributed by atoms with Gasteiger partial charge in [0.25, 0.3) is 0 Å². The summed E-state index contributed by atoms with van der Waals surface area (Å²) in [5.74, 6) is 0.231. The average molecular weight is 251 g/mol. The van der Waals surface area contributed by atoms with Crippen LogP contribution in [0.3, 0.4) is 0 Å². The molecule has 100 valence electrons. The van der Waals surface area contributed by atoms with Gasteiger partial charge in [0.2, 0.25) is 0 Å². The third-order valence-electron chi connectivity index (χ3n) is 2.70. The number of ether oxygens (including phenoxy) is 1. The van der Waals surface area contributed by atoms with Crippen molar-refractivity contribution in [2.45, 2.75) is 20.3 Å². The van der Waals surface area contributed by atoms with E-state index < -0.39 is 5.97 Å². The van der Waals surface area contributed by atoms with Crippen molar-refractivity contribution >= 4 is 11.7 Å². The number of benzene rings is 1. The van der Waals surface area contributed by atoms with Crippen molar-refractivity contribution in [2.75, 3.05) is 25.1 Å². The number of carbonyl (C=O) groups is 1. The van der Waals surface area contributed by atoms with Crippen molar-refractivity contribution in [2.24, 2.45) is 5.92 Å². The van der Waals surface area contributed by atoms with Crippen LogP contribution in [0.25, 0.3) is 0 Å². The number of hydrogen-bond acceptors (Lipinski definition) is 3. The van der Waals surface area contributed by atoms with Gasteiger partial charge in [-0.05, 0) is 37.1 Å². The largest absolute Gasteiger partial charge is 0.494 e. The molecule has 0 heterocycles. The van der Waals surface area contributed by atoms with Crippen LogP contribution in [0.4, 0.5) is 5.69 Å². The summed E-state index contributed by atoms with van der Waals surface area (Å²) in [6.45, 7) is 5.28. The lowest BCUT2D eigenvalue weighted by molar-refractivity contribution is -0.137. The molecule has 0 aliphatic rings. The molecule has 0 bridgehead atoms. The molecule has 0 aromatic heterocycles. The highest BCUT2D eigenvalue weighted by Crippen LogP contribution is 2.19. The molecular weight excluding hydrogens is 230 g/mol. The zero-order valence-corrected chi connectivity index (χ0v) is 11.2. The Kier molecular flexibility index (Phi) is 5.49. The van der Waals surface area contributed by atoms with Crippen LogP contribution in [0.1, 0.15) is 20.3 Å². The van der Waals surface area contributed by atoms with Gasteiger partial charge < -0.3 is 14.7 Å². The third kappa shape index (κ3) is 4.65. The zero-order chi connectivity index (χ0) is 13.5. The van der Waals surface area contributed by atoms with Crippen LogP contribution in [0.15, 0.2) is 24.3 Å². The van der Waals surface area contributed by atoms with Crippen molar-refractivity contribution in [3.8, 4) is 5.75 Å². The van der Waals surface area contributed by atoms with Crippen LogP contribution >= 0.6 is 0 Å². The quantitative estimate of drug-likeness (QED) is 0.809. The van der Waals surface area contributed by atoms with Crippen molar-refractivity contribution < 1.29 is 14.6 Å². The number of nitrogens with zero attached hydrogens (tertiary/aromatic N) is 1. The van der Waals surface area contributed by atoms with E-state index in [0.717, 1.165) is 18.0 Å². The second kappa shape index (κ2) is 6.89. The Morgan fingerprint density at radius 3 is 2.50 bits per heavy atom. The second-order valence-electron chi connectivity index (χ2n) is 4.51. The van der Waals surface area contributed by atoms with E-state index in [0.29, 0.717) is 6.61 Å². The molecule has 4 nitrogen and oxygen atoms in total. The molecule has 1 atom stereocenters. The molecule has 18 heavy (non-hydrogen) atoms. The minimum atomic E-state index is -0.748. The lowest BCUT2D eigenvalue weighted by Gasteiger charge is -2.22. The minimum absolute atomic E-state index is 0.124. The van der Waals surface area contributed by atoms with Gasteiger partial charge in [-0.3, -0.25) is 4.79 Å². The molecular formula is C14H21NO3. The first-order valence-corrected chi connectivity index (χ1v) is 6.18. The first-order valence-electron chi connectivity index (χ1n) is 6.18. The molecule has 0 amide bonds. The second-order valence-corrected chi connectivity index (χ2v) is 4.51. The fourth-order valence-electron chi connectivity index (χ4n) is 1.90. The van der Waals surface area contributed by atoms with E-state index in [1.165, 1.54) is 0 Å². The Morgan fingerprint density at radius 2 is 2.00 bits per heavy atom.